The normalized spacial score (nSPS) is 11.3. The van der Waals surface area contributed by atoms with E-state index in [1.165, 1.54) is 18.7 Å². The predicted molar refractivity (Wildman–Crippen MR) is 91.6 cm³/mol. The van der Waals surface area contributed by atoms with Crippen LogP contribution in [0.15, 0.2) is 33.6 Å². The zero-order valence-electron chi connectivity index (χ0n) is 14.3. The van der Waals surface area contributed by atoms with Crippen molar-refractivity contribution >= 4 is 16.9 Å². The highest BCUT2D eigenvalue weighted by molar-refractivity contribution is 5.79. The molecule has 0 unspecified atom stereocenters. The largest absolute Gasteiger partial charge is 0.443 e. The Labute approximate surface area is 145 Å². The predicted octanol–water partition coefficient (Wildman–Crippen LogP) is 5.09. The molecule has 0 saturated carbocycles. The lowest BCUT2D eigenvalue weighted by molar-refractivity contribution is -0.118. The van der Waals surface area contributed by atoms with Crippen LogP contribution in [-0.4, -0.2) is 15.8 Å². The van der Waals surface area contributed by atoms with Crippen LogP contribution in [0.4, 0.5) is 4.39 Å². The molecule has 0 N–H and O–H groups in total. The topological polar surface area (TPSA) is 69.1 Å². The van der Waals surface area contributed by atoms with Crippen molar-refractivity contribution in [2.45, 2.75) is 51.9 Å². The second-order valence-corrected chi connectivity index (χ2v) is 6.08. The molecule has 0 fully saturated rings. The molecule has 0 atom stereocenters. The Hall–Kier alpha value is -2.50. The first-order chi connectivity index (χ1) is 12.2. The van der Waals surface area contributed by atoms with Gasteiger partial charge in [-0.25, -0.2) is 14.4 Å². The summed E-state index contributed by atoms with van der Waals surface area (Å²) in [5.41, 5.74) is 1.31. The van der Waals surface area contributed by atoms with E-state index in [9.17, 15) is 9.18 Å². The van der Waals surface area contributed by atoms with Gasteiger partial charge in [0.2, 0.25) is 0 Å². The molecule has 0 bridgehead atoms. The summed E-state index contributed by atoms with van der Waals surface area (Å²) in [6.07, 6.45) is 8.73. The van der Waals surface area contributed by atoms with Crippen LogP contribution in [0.25, 0.3) is 22.4 Å². The third-order valence-electron chi connectivity index (χ3n) is 4.23. The van der Waals surface area contributed by atoms with Gasteiger partial charge in [0.25, 0.3) is 0 Å². The van der Waals surface area contributed by atoms with Crippen molar-refractivity contribution in [3.8, 4) is 11.3 Å². The van der Waals surface area contributed by atoms with Crippen LogP contribution in [0.3, 0.4) is 0 Å². The van der Waals surface area contributed by atoms with Crippen molar-refractivity contribution in [2.24, 2.45) is 0 Å². The lowest BCUT2D eigenvalue weighted by Gasteiger charge is -2.00. The molecular weight excluding hydrogens is 323 g/mol. The molecule has 3 aromatic rings. The van der Waals surface area contributed by atoms with Crippen LogP contribution in [0.2, 0.25) is 0 Å². The van der Waals surface area contributed by atoms with Crippen molar-refractivity contribution in [3.05, 3.63) is 36.4 Å². The highest BCUT2D eigenvalue weighted by Gasteiger charge is 2.14. The second-order valence-electron chi connectivity index (χ2n) is 6.08. The monoisotopic (exact) mass is 344 g/mol. The number of ketones is 1. The van der Waals surface area contributed by atoms with Gasteiger partial charge in [-0.15, -0.1) is 0 Å². The quantitative estimate of drug-likeness (QED) is 0.505. The second kappa shape index (κ2) is 8.05. The van der Waals surface area contributed by atoms with Crippen molar-refractivity contribution in [1.29, 1.82) is 0 Å². The summed E-state index contributed by atoms with van der Waals surface area (Å²) in [6.45, 7) is 1.89. The molecule has 0 spiro atoms. The lowest BCUT2D eigenvalue weighted by Crippen LogP contribution is -1.94. The number of benzene rings is 1. The minimum atomic E-state index is -0.412. The zero-order valence-corrected chi connectivity index (χ0v) is 14.3. The van der Waals surface area contributed by atoms with Crippen molar-refractivity contribution in [3.63, 3.8) is 0 Å². The average molecular weight is 344 g/mol. The van der Waals surface area contributed by atoms with E-state index in [2.05, 4.69) is 9.97 Å². The van der Waals surface area contributed by atoms with Crippen molar-refractivity contribution in [2.75, 3.05) is 0 Å². The van der Waals surface area contributed by atoms with Gasteiger partial charge in [-0.2, -0.15) is 0 Å². The Morgan fingerprint density at radius 1 is 1.16 bits per heavy atom. The van der Waals surface area contributed by atoms with E-state index < -0.39 is 5.82 Å². The minimum absolute atomic E-state index is 0.320. The number of oxazole rings is 2. The van der Waals surface area contributed by atoms with Gasteiger partial charge in [0.1, 0.15) is 17.1 Å². The van der Waals surface area contributed by atoms with Gasteiger partial charge in [0, 0.05) is 25.3 Å². The molecule has 0 saturated heterocycles. The molecule has 5 nitrogen and oxygen atoms in total. The molecular formula is C19H21FN2O3. The Bertz CT molecular complexity index is 853. The summed E-state index contributed by atoms with van der Waals surface area (Å²) in [6, 6.07) is 2.90. The molecule has 0 aliphatic heterocycles. The molecule has 0 aliphatic carbocycles. The van der Waals surface area contributed by atoms with E-state index in [1.54, 1.807) is 6.07 Å². The number of hydrogen-bond acceptors (Lipinski definition) is 5. The molecule has 132 valence electrons. The van der Waals surface area contributed by atoms with Gasteiger partial charge in [-0.1, -0.05) is 19.8 Å². The summed E-state index contributed by atoms with van der Waals surface area (Å²) in [7, 11) is 0. The number of unbranched alkanes of at least 4 members (excludes halogenated alkanes) is 3. The van der Waals surface area contributed by atoms with Crippen LogP contribution >= 0.6 is 0 Å². The number of aromatic nitrogens is 2. The number of Topliss-reactive ketones (excluding diaryl/α,β-unsaturated/α-hetero) is 1. The highest BCUT2D eigenvalue weighted by Crippen LogP contribution is 2.28. The highest BCUT2D eigenvalue weighted by atomic mass is 19.1. The van der Waals surface area contributed by atoms with Crippen LogP contribution in [0.1, 0.15) is 51.3 Å². The number of carbonyl (C=O) groups is 1. The molecule has 2 heterocycles. The fraction of sp³-hybridized carbons (Fsp3) is 0.421. The standard InChI is InChI=1S/C19H21FN2O3/c1-2-13(23)7-5-3-4-6-8-19-21-11-18(25-19)14-9-17-16(10-15(14)20)22-12-24-17/h9-12H,2-8H2,1H3. The molecule has 3 rings (SSSR count). The van der Waals surface area contributed by atoms with Gasteiger partial charge in [0.05, 0.1) is 11.8 Å². The molecule has 6 heteroatoms. The number of hydrogen-bond donors (Lipinski definition) is 0. The number of nitrogens with zero attached hydrogens (tertiary/aromatic N) is 2. The summed E-state index contributed by atoms with van der Waals surface area (Å²) >= 11 is 0. The van der Waals surface area contributed by atoms with E-state index in [-0.39, 0.29) is 0 Å². The Morgan fingerprint density at radius 2 is 2.00 bits per heavy atom. The molecule has 2 aromatic heterocycles. The van der Waals surface area contributed by atoms with E-state index in [1.807, 2.05) is 6.92 Å². The number of halogens is 1. The smallest absolute Gasteiger partial charge is 0.194 e. The maximum atomic E-state index is 14.2. The van der Waals surface area contributed by atoms with Crippen molar-refractivity contribution in [1.82, 2.24) is 9.97 Å². The van der Waals surface area contributed by atoms with E-state index in [0.717, 1.165) is 25.7 Å². The third-order valence-corrected chi connectivity index (χ3v) is 4.23. The van der Waals surface area contributed by atoms with Gasteiger partial charge in [-0.05, 0) is 18.9 Å². The number of carbonyl (C=O) groups excluding carboxylic acids is 1. The first kappa shape index (κ1) is 17.3. The maximum Gasteiger partial charge on any atom is 0.194 e. The fourth-order valence-electron chi connectivity index (χ4n) is 2.75. The molecule has 0 aliphatic rings. The Kier molecular flexibility index (Phi) is 5.58. The molecule has 1 aromatic carbocycles. The Morgan fingerprint density at radius 3 is 2.84 bits per heavy atom. The van der Waals surface area contributed by atoms with Crippen molar-refractivity contribution < 1.29 is 18.0 Å². The average Bonchev–Trinajstić information content (AvgIpc) is 3.25. The number of fused-ring (bicyclic) bond motifs is 1. The lowest BCUT2D eigenvalue weighted by atomic mass is 10.1. The molecule has 0 radical (unpaired) electrons. The van der Waals surface area contributed by atoms with E-state index in [0.29, 0.717) is 53.4 Å². The summed E-state index contributed by atoms with van der Waals surface area (Å²) in [5.74, 6) is 0.892. The molecule has 0 amide bonds. The fourth-order valence-corrected chi connectivity index (χ4v) is 2.75. The van der Waals surface area contributed by atoms with Crippen LogP contribution in [-0.2, 0) is 11.2 Å². The van der Waals surface area contributed by atoms with Crippen LogP contribution in [0, 0.1) is 5.82 Å². The van der Waals surface area contributed by atoms with Gasteiger partial charge >= 0.3 is 0 Å². The zero-order chi connectivity index (χ0) is 17.6. The number of rotatable bonds is 9. The van der Waals surface area contributed by atoms with E-state index in [4.69, 9.17) is 8.83 Å². The first-order valence-electron chi connectivity index (χ1n) is 8.67. The van der Waals surface area contributed by atoms with Crippen LogP contribution < -0.4 is 0 Å². The summed E-state index contributed by atoms with van der Waals surface area (Å²) in [5, 5.41) is 0. The van der Waals surface area contributed by atoms with Gasteiger partial charge in [0.15, 0.2) is 23.6 Å². The van der Waals surface area contributed by atoms with Gasteiger partial charge in [-0.3, -0.25) is 4.79 Å². The Balaban J connectivity index is 1.53. The first-order valence-corrected chi connectivity index (χ1v) is 8.67. The molecule has 25 heavy (non-hydrogen) atoms. The third kappa shape index (κ3) is 4.32. The maximum absolute atomic E-state index is 14.2. The SMILES string of the molecule is CCC(=O)CCCCCCc1ncc(-c2cc3ocnc3cc2F)o1. The minimum Gasteiger partial charge on any atom is -0.443 e. The summed E-state index contributed by atoms with van der Waals surface area (Å²) < 4.78 is 25.1. The van der Waals surface area contributed by atoms with Gasteiger partial charge < -0.3 is 8.83 Å². The number of aryl methyl sites for hydroxylation is 1. The van der Waals surface area contributed by atoms with Crippen LogP contribution in [0.5, 0.6) is 0 Å². The van der Waals surface area contributed by atoms with E-state index >= 15 is 0 Å². The summed E-state index contributed by atoms with van der Waals surface area (Å²) in [4.78, 5) is 19.4.